The third-order valence-corrected chi connectivity index (χ3v) is 4.26. The topological polar surface area (TPSA) is 69.6 Å². The van der Waals surface area contributed by atoms with E-state index in [1.165, 1.54) is 12.1 Å². The molecule has 0 bridgehead atoms. The Balaban J connectivity index is 1.96. The number of nitrogens with zero attached hydrogens (tertiary/aromatic N) is 1. The Morgan fingerprint density at radius 3 is 2.46 bits per heavy atom. The van der Waals surface area contributed by atoms with Gasteiger partial charge in [-0.25, -0.2) is 0 Å². The fraction of sp³-hybridized carbons (Fsp3) is 0.500. The molecule has 1 heterocycles. The van der Waals surface area contributed by atoms with Gasteiger partial charge >= 0.3 is 12.1 Å². The van der Waals surface area contributed by atoms with Gasteiger partial charge in [0.25, 0.3) is 0 Å². The highest BCUT2D eigenvalue weighted by molar-refractivity contribution is 5.94. The summed E-state index contributed by atoms with van der Waals surface area (Å²) < 4.78 is 38.1. The first-order valence-electron chi connectivity index (χ1n) is 7.63. The standard InChI is InChI=1S/C16H19F3N2O3/c1-10(21-7-5-11(6-8-21)15(23)24)14(22)20-13-4-2-3-12(9-13)16(17,18)19/h2-4,9-11H,5-8H2,1H3,(H,20,22)(H,23,24). The number of benzene rings is 1. The quantitative estimate of drug-likeness (QED) is 0.881. The number of hydrogen-bond donors (Lipinski definition) is 2. The Bertz CT molecular complexity index is 611. The molecule has 24 heavy (non-hydrogen) atoms. The van der Waals surface area contributed by atoms with Crippen LogP contribution in [0.1, 0.15) is 25.3 Å². The van der Waals surface area contributed by atoms with Crippen LogP contribution in [-0.4, -0.2) is 41.0 Å². The number of rotatable bonds is 4. The van der Waals surface area contributed by atoms with Crippen molar-refractivity contribution in [2.75, 3.05) is 18.4 Å². The van der Waals surface area contributed by atoms with E-state index >= 15 is 0 Å². The second-order valence-corrected chi connectivity index (χ2v) is 5.89. The molecule has 1 amide bonds. The number of nitrogens with one attached hydrogen (secondary N) is 1. The fourth-order valence-electron chi connectivity index (χ4n) is 2.72. The van der Waals surface area contributed by atoms with E-state index in [1.807, 2.05) is 4.90 Å². The van der Waals surface area contributed by atoms with Crippen molar-refractivity contribution in [1.82, 2.24) is 4.90 Å². The van der Waals surface area contributed by atoms with Gasteiger partial charge in [-0.2, -0.15) is 13.2 Å². The Morgan fingerprint density at radius 2 is 1.92 bits per heavy atom. The van der Waals surface area contributed by atoms with E-state index < -0.39 is 35.6 Å². The smallest absolute Gasteiger partial charge is 0.416 e. The fourth-order valence-corrected chi connectivity index (χ4v) is 2.72. The van der Waals surface area contributed by atoms with Gasteiger partial charge in [0.15, 0.2) is 0 Å². The van der Waals surface area contributed by atoms with Gasteiger partial charge in [-0.15, -0.1) is 0 Å². The van der Waals surface area contributed by atoms with Crippen molar-refractivity contribution in [3.63, 3.8) is 0 Å². The summed E-state index contributed by atoms with van der Waals surface area (Å²) in [5.74, 6) is -1.65. The maximum absolute atomic E-state index is 12.7. The molecule has 0 spiro atoms. The van der Waals surface area contributed by atoms with E-state index in [1.54, 1.807) is 6.92 Å². The zero-order valence-corrected chi connectivity index (χ0v) is 13.1. The number of hydrogen-bond acceptors (Lipinski definition) is 3. The maximum Gasteiger partial charge on any atom is 0.416 e. The molecule has 0 saturated carbocycles. The molecule has 1 aromatic rings. The largest absolute Gasteiger partial charge is 0.481 e. The summed E-state index contributed by atoms with van der Waals surface area (Å²) in [6.07, 6.45) is -3.56. The summed E-state index contributed by atoms with van der Waals surface area (Å²) in [5, 5.41) is 11.5. The molecule has 5 nitrogen and oxygen atoms in total. The minimum absolute atomic E-state index is 0.0853. The van der Waals surface area contributed by atoms with E-state index in [0.717, 1.165) is 12.1 Å². The van der Waals surface area contributed by atoms with Gasteiger partial charge in [0.1, 0.15) is 0 Å². The van der Waals surface area contributed by atoms with E-state index in [9.17, 15) is 22.8 Å². The van der Waals surface area contributed by atoms with Gasteiger partial charge in [-0.3, -0.25) is 14.5 Å². The van der Waals surface area contributed by atoms with Crippen molar-refractivity contribution < 1.29 is 27.9 Å². The summed E-state index contributed by atoms with van der Waals surface area (Å²) in [6.45, 7) is 2.59. The number of halogens is 3. The third-order valence-electron chi connectivity index (χ3n) is 4.26. The van der Waals surface area contributed by atoms with Crippen LogP contribution >= 0.6 is 0 Å². The number of carboxylic acid groups (broad SMARTS) is 1. The Kier molecular flexibility index (Phi) is 5.48. The summed E-state index contributed by atoms with van der Waals surface area (Å²) in [4.78, 5) is 25.0. The number of anilines is 1. The number of alkyl halides is 3. The molecule has 1 fully saturated rings. The van der Waals surface area contributed by atoms with Crippen LogP contribution in [0.2, 0.25) is 0 Å². The number of carbonyl (C=O) groups excluding carboxylic acids is 1. The minimum Gasteiger partial charge on any atom is -0.481 e. The summed E-state index contributed by atoms with van der Waals surface area (Å²) in [6, 6.07) is 3.92. The van der Waals surface area contributed by atoms with Crippen LogP contribution in [0.5, 0.6) is 0 Å². The average Bonchev–Trinajstić information content (AvgIpc) is 2.53. The average molecular weight is 344 g/mol. The lowest BCUT2D eigenvalue weighted by atomic mass is 9.96. The first-order valence-corrected chi connectivity index (χ1v) is 7.63. The van der Waals surface area contributed by atoms with E-state index in [2.05, 4.69) is 5.32 Å². The lowest BCUT2D eigenvalue weighted by Crippen LogP contribution is -2.47. The van der Waals surface area contributed by atoms with Gasteiger partial charge in [0.05, 0.1) is 17.5 Å². The van der Waals surface area contributed by atoms with Crippen molar-refractivity contribution in [1.29, 1.82) is 0 Å². The maximum atomic E-state index is 12.7. The predicted octanol–water partition coefficient (Wildman–Crippen LogP) is 2.83. The second kappa shape index (κ2) is 7.21. The highest BCUT2D eigenvalue weighted by atomic mass is 19.4. The third kappa shape index (κ3) is 4.47. The lowest BCUT2D eigenvalue weighted by Gasteiger charge is -2.33. The van der Waals surface area contributed by atoms with Crippen molar-refractivity contribution in [2.24, 2.45) is 5.92 Å². The van der Waals surface area contributed by atoms with Gasteiger partial charge in [0.2, 0.25) is 5.91 Å². The minimum atomic E-state index is -4.47. The molecule has 0 aliphatic carbocycles. The number of carbonyl (C=O) groups is 2. The van der Waals surface area contributed by atoms with Gasteiger partial charge in [-0.1, -0.05) is 6.07 Å². The van der Waals surface area contributed by atoms with Crippen LogP contribution in [0, 0.1) is 5.92 Å². The second-order valence-electron chi connectivity index (χ2n) is 5.89. The van der Waals surface area contributed by atoms with Crippen molar-refractivity contribution in [3.8, 4) is 0 Å². The van der Waals surface area contributed by atoms with Crippen LogP contribution in [0.4, 0.5) is 18.9 Å². The molecule has 1 aromatic carbocycles. The van der Waals surface area contributed by atoms with Gasteiger partial charge < -0.3 is 10.4 Å². The van der Waals surface area contributed by atoms with Crippen LogP contribution in [0.3, 0.4) is 0 Å². The molecule has 8 heteroatoms. The first kappa shape index (κ1) is 18.3. The number of carboxylic acids is 1. The molecule has 2 rings (SSSR count). The van der Waals surface area contributed by atoms with E-state index in [0.29, 0.717) is 25.9 Å². The monoisotopic (exact) mass is 344 g/mol. The molecule has 1 aliphatic rings. The molecule has 2 N–H and O–H groups in total. The summed E-state index contributed by atoms with van der Waals surface area (Å²) in [7, 11) is 0. The first-order chi connectivity index (χ1) is 11.2. The van der Waals surface area contributed by atoms with Crippen LogP contribution < -0.4 is 5.32 Å². The molecule has 1 atom stereocenters. The molecule has 1 unspecified atom stereocenters. The molecule has 1 saturated heterocycles. The normalized spacial score (nSPS) is 18.2. The number of likely N-dealkylation sites (tertiary alicyclic amines) is 1. The SMILES string of the molecule is CC(C(=O)Nc1cccc(C(F)(F)F)c1)N1CCC(C(=O)O)CC1. The van der Waals surface area contributed by atoms with Gasteiger partial charge in [0, 0.05) is 5.69 Å². The Morgan fingerprint density at radius 1 is 1.29 bits per heavy atom. The lowest BCUT2D eigenvalue weighted by molar-refractivity contribution is -0.143. The Labute approximate surface area is 137 Å². The van der Waals surface area contributed by atoms with E-state index in [-0.39, 0.29) is 5.69 Å². The summed E-state index contributed by atoms with van der Waals surface area (Å²) in [5.41, 5.74) is -0.739. The van der Waals surface area contributed by atoms with Gasteiger partial charge in [-0.05, 0) is 51.1 Å². The van der Waals surface area contributed by atoms with Crippen LogP contribution in [0.25, 0.3) is 0 Å². The van der Waals surface area contributed by atoms with Crippen molar-refractivity contribution in [3.05, 3.63) is 29.8 Å². The highest BCUT2D eigenvalue weighted by Crippen LogP contribution is 2.30. The molecule has 0 radical (unpaired) electrons. The number of aliphatic carboxylic acids is 1. The zero-order chi connectivity index (χ0) is 17.9. The molecule has 132 valence electrons. The highest BCUT2D eigenvalue weighted by Gasteiger charge is 2.32. The Hall–Kier alpha value is -2.09. The van der Waals surface area contributed by atoms with Crippen LogP contribution in [-0.2, 0) is 15.8 Å². The summed E-state index contributed by atoms with van der Waals surface area (Å²) >= 11 is 0. The molecule has 0 aromatic heterocycles. The van der Waals surface area contributed by atoms with E-state index in [4.69, 9.17) is 5.11 Å². The van der Waals surface area contributed by atoms with Crippen molar-refractivity contribution >= 4 is 17.6 Å². The number of piperidine rings is 1. The van der Waals surface area contributed by atoms with Crippen LogP contribution in [0.15, 0.2) is 24.3 Å². The molecular formula is C16H19F3N2O3. The number of amides is 1. The van der Waals surface area contributed by atoms with Crippen molar-refractivity contribution in [2.45, 2.75) is 32.0 Å². The molecule has 1 aliphatic heterocycles. The molecular weight excluding hydrogens is 325 g/mol. The zero-order valence-electron chi connectivity index (χ0n) is 13.1. The predicted molar refractivity (Wildman–Crippen MR) is 81.5 cm³/mol.